The number of benzene rings is 1. The Kier molecular flexibility index (Phi) is 4.34. The number of pyridine rings is 1. The fourth-order valence-electron chi connectivity index (χ4n) is 4.18. The van der Waals surface area contributed by atoms with Crippen molar-refractivity contribution in [1.82, 2.24) is 15.3 Å². The van der Waals surface area contributed by atoms with Crippen LogP contribution in [-0.2, 0) is 6.42 Å². The summed E-state index contributed by atoms with van der Waals surface area (Å²) in [5, 5.41) is 4.86. The van der Waals surface area contributed by atoms with E-state index in [2.05, 4.69) is 60.3 Å². The minimum Gasteiger partial charge on any atom is -0.354 e. The zero-order valence-electron chi connectivity index (χ0n) is 15.4. The van der Waals surface area contributed by atoms with Crippen LogP contribution in [0.3, 0.4) is 0 Å². The second-order valence-corrected chi connectivity index (χ2v) is 7.23. The molecule has 0 bridgehead atoms. The van der Waals surface area contributed by atoms with Gasteiger partial charge in [-0.3, -0.25) is 4.98 Å². The lowest BCUT2D eigenvalue weighted by Gasteiger charge is -2.23. The van der Waals surface area contributed by atoms with Gasteiger partial charge in [0.1, 0.15) is 0 Å². The van der Waals surface area contributed by atoms with E-state index in [9.17, 15) is 0 Å². The van der Waals surface area contributed by atoms with Gasteiger partial charge in [0.15, 0.2) is 0 Å². The summed E-state index contributed by atoms with van der Waals surface area (Å²) in [6.45, 7) is 8.78. The lowest BCUT2D eigenvalue weighted by molar-refractivity contribution is 0.460. The Hall–Kier alpha value is -2.13. The van der Waals surface area contributed by atoms with Gasteiger partial charge in [-0.2, -0.15) is 0 Å². The summed E-state index contributed by atoms with van der Waals surface area (Å²) in [6.07, 6.45) is 5.44. The predicted molar refractivity (Wildman–Crippen MR) is 105 cm³/mol. The molecular formula is C22H27N3. The Morgan fingerprint density at radius 2 is 1.92 bits per heavy atom. The standard InChI is InChI=1S/C22H27N3/c1-4-18-20-13-17(16-7-10-23-11-8-16)5-6-21(20)25-22(18)19-9-12-24-15(3)14(19)2/h5-6,9,12-13,16,23,25H,4,7-8,10-11H2,1-3H3. The van der Waals surface area contributed by atoms with Gasteiger partial charge in [0.2, 0.25) is 0 Å². The van der Waals surface area contributed by atoms with E-state index in [1.54, 1.807) is 0 Å². The van der Waals surface area contributed by atoms with E-state index < -0.39 is 0 Å². The molecular weight excluding hydrogens is 306 g/mol. The van der Waals surface area contributed by atoms with Crippen LogP contribution in [0.5, 0.6) is 0 Å². The van der Waals surface area contributed by atoms with Crippen LogP contribution in [0.15, 0.2) is 30.5 Å². The molecule has 3 heterocycles. The van der Waals surface area contributed by atoms with Gasteiger partial charge in [0.25, 0.3) is 0 Å². The summed E-state index contributed by atoms with van der Waals surface area (Å²) in [6, 6.07) is 9.18. The zero-order valence-corrected chi connectivity index (χ0v) is 15.4. The van der Waals surface area contributed by atoms with Crippen LogP contribution in [-0.4, -0.2) is 23.1 Å². The van der Waals surface area contributed by atoms with Gasteiger partial charge in [-0.1, -0.05) is 13.0 Å². The van der Waals surface area contributed by atoms with E-state index in [-0.39, 0.29) is 0 Å². The lowest BCUT2D eigenvalue weighted by atomic mass is 9.89. The highest BCUT2D eigenvalue weighted by Gasteiger charge is 2.18. The molecule has 1 aromatic carbocycles. The molecule has 3 nitrogen and oxygen atoms in total. The number of aromatic amines is 1. The van der Waals surface area contributed by atoms with Gasteiger partial charge in [0, 0.05) is 28.4 Å². The normalized spacial score (nSPS) is 15.8. The van der Waals surface area contributed by atoms with Gasteiger partial charge in [-0.25, -0.2) is 0 Å². The molecule has 130 valence electrons. The molecule has 4 rings (SSSR count). The second kappa shape index (κ2) is 6.64. The van der Waals surface area contributed by atoms with Crippen molar-refractivity contribution >= 4 is 10.9 Å². The molecule has 0 amide bonds. The molecule has 2 N–H and O–H groups in total. The summed E-state index contributed by atoms with van der Waals surface area (Å²) in [7, 11) is 0. The maximum atomic E-state index is 4.43. The molecule has 1 aliphatic heterocycles. The summed E-state index contributed by atoms with van der Waals surface area (Å²) in [5.41, 5.74) is 9.10. The summed E-state index contributed by atoms with van der Waals surface area (Å²) in [5.74, 6) is 0.693. The molecule has 3 heteroatoms. The molecule has 0 aliphatic carbocycles. The number of hydrogen-bond donors (Lipinski definition) is 2. The molecule has 1 saturated heterocycles. The number of piperidine rings is 1. The third kappa shape index (κ3) is 2.87. The van der Waals surface area contributed by atoms with Gasteiger partial charge < -0.3 is 10.3 Å². The number of nitrogens with one attached hydrogen (secondary N) is 2. The smallest absolute Gasteiger partial charge is 0.0501 e. The quantitative estimate of drug-likeness (QED) is 0.717. The average Bonchev–Trinajstić information content (AvgIpc) is 3.02. The monoisotopic (exact) mass is 333 g/mol. The zero-order chi connectivity index (χ0) is 17.4. The largest absolute Gasteiger partial charge is 0.354 e. The van der Waals surface area contributed by atoms with Gasteiger partial charge in [0.05, 0.1) is 5.69 Å². The maximum Gasteiger partial charge on any atom is 0.0501 e. The van der Waals surface area contributed by atoms with E-state index in [0.717, 1.165) is 25.2 Å². The Bertz CT molecular complexity index is 901. The Labute approximate surface area is 149 Å². The molecule has 3 aromatic rings. The van der Waals surface area contributed by atoms with Crippen LogP contribution < -0.4 is 5.32 Å². The fraction of sp³-hybridized carbons (Fsp3) is 0.409. The molecule has 0 saturated carbocycles. The van der Waals surface area contributed by atoms with Crippen molar-refractivity contribution in [2.75, 3.05) is 13.1 Å². The predicted octanol–water partition coefficient (Wildman–Crippen LogP) is 4.88. The van der Waals surface area contributed by atoms with Crippen molar-refractivity contribution in [3.8, 4) is 11.3 Å². The molecule has 0 spiro atoms. The highest BCUT2D eigenvalue weighted by Crippen LogP contribution is 2.35. The highest BCUT2D eigenvalue weighted by atomic mass is 14.9. The molecule has 2 aromatic heterocycles. The molecule has 0 atom stereocenters. The van der Waals surface area contributed by atoms with E-state index in [1.165, 1.54) is 51.7 Å². The van der Waals surface area contributed by atoms with Crippen molar-refractivity contribution < 1.29 is 0 Å². The third-order valence-electron chi connectivity index (χ3n) is 5.82. The number of rotatable bonds is 3. The van der Waals surface area contributed by atoms with E-state index in [0.29, 0.717) is 5.92 Å². The first kappa shape index (κ1) is 16.3. The highest BCUT2D eigenvalue weighted by molar-refractivity contribution is 5.92. The van der Waals surface area contributed by atoms with E-state index >= 15 is 0 Å². The number of H-pyrrole nitrogens is 1. The molecule has 1 fully saturated rings. The van der Waals surface area contributed by atoms with Crippen molar-refractivity contribution in [2.24, 2.45) is 0 Å². The van der Waals surface area contributed by atoms with Crippen LogP contribution in [0.25, 0.3) is 22.2 Å². The van der Waals surface area contributed by atoms with E-state index in [4.69, 9.17) is 0 Å². The SMILES string of the molecule is CCc1c(-c2ccnc(C)c2C)[nH]c2ccc(C3CCNCC3)cc12. The summed E-state index contributed by atoms with van der Waals surface area (Å²) >= 11 is 0. The van der Waals surface area contributed by atoms with Gasteiger partial charge >= 0.3 is 0 Å². The minimum absolute atomic E-state index is 0.693. The maximum absolute atomic E-state index is 4.43. The Balaban J connectivity index is 1.85. The number of aryl methyl sites for hydroxylation is 2. The number of aromatic nitrogens is 2. The van der Waals surface area contributed by atoms with Crippen molar-refractivity contribution in [3.63, 3.8) is 0 Å². The van der Waals surface area contributed by atoms with Crippen LogP contribution in [0.1, 0.15) is 48.1 Å². The second-order valence-electron chi connectivity index (χ2n) is 7.23. The Morgan fingerprint density at radius 3 is 2.68 bits per heavy atom. The van der Waals surface area contributed by atoms with Gasteiger partial charge in [-0.15, -0.1) is 0 Å². The molecule has 1 aliphatic rings. The minimum atomic E-state index is 0.693. The molecule has 25 heavy (non-hydrogen) atoms. The average molecular weight is 333 g/mol. The summed E-state index contributed by atoms with van der Waals surface area (Å²) in [4.78, 5) is 8.12. The molecule has 0 unspecified atom stereocenters. The van der Waals surface area contributed by atoms with Crippen molar-refractivity contribution in [2.45, 2.75) is 46.0 Å². The first-order chi connectivity index (χ1) is 12.2. The summed E-state index contributed by atoms with van der Waals surface area (Å²) < 4.78 is 0. The number of hydrogen-bond acceptors (Lipinski definition) is 2. The lowest BCUT2D eigenvalue weighted by Crippen LogP contribution is -2.26. The van der Waals surface area contributed by atoms with Gasteiger partial charge in [-0.05, 0) is 87.0 Å². The first-order valence-electron chi connectivity index (χ1n) is 9.46. The Morgan fingerprint density at radius 1 is 1.12 bits per heavy atom. The third-order valence-corrected chi connectivity index (χ3v) is 5.82. The number of fused-ring (bicyclic) bond motifs is 1. The fourth-order valence-corrected chi connectivity index (χ4v) is 4.18. The van der Waals surface area contributed by atoms with Crippen LogP contribution in [0, 0.1) is 13.8 Å². The van der Waals surface area contributed by atoms with Crippen molar-refractivity contribution in [3.05, 3.63) is 52.8 Å². The topological polar surface area (TPSA) is 40.7 Å². The van der Waals surface area contributed by atoms with Crippen LogP contribution in [0.4, 0.5) is 0 Å². The van der Waals surface area contributed by atoms with Crippen molar-refractivity contribution in [1.29, 1.82) is 0 Å². The van der Waals surface area contributed by atoms with Crippen LogP contribution in [0.2, 0.25) is 0 Å². The van der Waals surface area contributed by atoms with Crippen LogP contribution >= 0.6 is 0 Å². The van der Waals surface area contributed by atoms with E-state index in [1.807, 2.05) is 6.20 Å². The number of nitrogens with zero attached hydrogens (tertiary/aromatic N) is 1. The first-order valence-corrected chi connectivity index (χ1v) is 9.46. The molecule has 0 radical (unpaired) electrons.